The largest absolute Gasteiger partial charge is 0.379 e. The van der Waals surface area contributed by atoms with Gasteiger partial charge in [-0.25, -0.2) is 14.7 Å². The van der Waals surface area contributed by atoms with E-state index in [0.717, 1.165) is 43.3 Å². The molecule has 0 saturated heterocycles. The molecule has 154 valence electrons. The summed E-state index contributed by atoms with van der Waals surface area (Å²) in [5.74, 6) is 1.55. The van der Waals surface area contributed by atoms with Crippen LogP contribution in [0.15, 0.2) is 41.8 Å². The Labute approximate surface area is 167 Å². The summed E-state index contributed by atoms with van der Waals surface area (Å²) in [6.07, 6.45) is 7.64. The average molecular weight is 389 g/mol. The van der Waals surface area contributed by atoms with Gasteiger partial charge in [0.05, 0.1) is 26.4 Å². The Hall–Kier alpha value is -2.45. The van der Waals surface area contributed by atoms with Crippen molar-refractivity contribution in [3.8, 4) is 5.82 Å². The lowest BCUT2D eigenvalue weighted by molar-refractivity contribution is 0.0487. The van der Waals surface area contributed by atoms with Gasteiger partial charge < -0.3 is 20.1 Å². The van der Waals surface area contributed by atoms with E-state index in [1.807, 2.05) is 31.3 Å². The van der Waals surface area contributed by atoms with Crippen LogP contribution < -0.4 is 10.6 Å². The highest BCUT2D eigenvalue weighted by atomic mass is 16.5. The molecule has 0 fully saturated rings. The third kappa shape index (κ3) is 8.49. The van der Waals surface area contributed by atoms with Crippen LogP contribution in [0.4, 0.5) is 0 Å². The standard InChI is InChI=1S/C20H32N6O2/c1-3-5-12-27-14-15-28-13-10-23-20(21-4-2)24-17-18-7-9-22-19(16-18)26-11-6-8-25-26/h6-9,11,16H,3-5,10,12-15,17H2,1-2H3,(H2,21,23,24). The molecule has 2 aromatic rings. The number of guanidine groups is 1. The van der Waals surface area contributed by atoms with Crippen LogP contribution in [-0.2, 0) is 16.0 Å². The van der Waals surface area contributed by atoms with E-state index >= 15 is 0 Å². The van der Waals surface area contributed by atoms with Gasteiger partial charge in [0.2, 0.25) is 0 Å². The van der Waals surface area contributed by atoms with Gasteiger partial charge in [-0.1, -0.05) is 13.3 Å². The molecule has 2 aromatic heterocycles. The van der Waals surface area contributed by atoms with E-state index < -0.39 is 0 Å². The number of nitrogens with zero attached hydrogens (tertiary/aromatic N) is 4. The molecule has 28 heavy (non-hydrogen) atoms. The van der Waals surface area contributed by atoms with E-state index in [1.54, 1.807) is 17.1 Å². The lowest BCUT2D eigenvalue weighted by Crippen LogP contribution is -2.39. The summed E-state index contributed by atoms with van der Waals surface area (Å²) in [4.78, 5) is 8.97. The van der Waals surface area contributed by atoms with Crippen molar-refractivity contribution in [1.29, 1.82) is 0 Å². The highest BCUT2D eigenvalue weighted by molar-refractivity contribution is 5.79. The van der Waals surface area contributed by atoms with Crippen molar-refractivity contribution >= 4 is 5.96 Å². The van der Waals surface area contributed by atoms with Gasteiger partial charge >= 0.3 is 0 Å². The third-order valence-corrected chi connectivity index (χ3v) is 3.87. The second-order valence-corrected chi connectivity index (χ2v) is 6.17. The van der Waals surface area contributed by atoms with Gasteiger partial charge in [-0.3, -0.25) is 0 Å². The highest BCUT2D eigenvalue weighted by Crippen LogP contribution is 2.07. The second-order valence-electron chi connectivity index (χ2n) is 6.17. The zero-order chi connectivity index (χ0) is 19.9. The van der Waals surface area contributed by atoms with Gasteiger partial charge in [0.25, 0.3) is 0 Å². The number of unbranched alkanes of at least 4 members (excludes halogenated alkanes) is 1. The minimum atomic E-state index is 0.554. The van der Waals surface area contributed by atoms with Gasteiger partial charge in [0.1, 0.15) is 0 Å². The molecule has 0 aliphatic rings. The maximum atomic E-state index is 5.57. The predicted octanol–water partition coefficient (Wildman–Crippen LogP) is 2.16. The lowest BCUT2D eigenvalue weighted by atomic mass is 10.2. The van der Waals surface area contributed by atoms with Crippen molar-refractivity contribution in [2.45, 2.75) is 33.2 Å². The molecule has 0 unspecified atom stereocenters. The minimum absolute atomic E-state index is 0.554. The van der Waals surface area contributed by atoms with Crippen molar-refractivity contribution in [3.05, 3.63) is 42.4 Å². The van der Waals surface area contributed by atoms with E-state index in [9.17, 15) is 0 Å². The molecule has 0 aromatic carbocycles. The summed E-state index contributed by atoms with van der Waals surface area (Å²) in [6, 6.07) is 5.82. The molecule has 2 N–H and O–H groups in total. The van der Waals surface area contributed by atoms with Crippen molar-refractivity contribution in [1.82, 2.24) is 25.4 Å². The summed E-state index contributed by atoms with van der Waals surface area (Å²) in [7, 11) is 0. The fourth-order valence-electron chi connectivity index (χ4n) is 2.41. The Morgan fingerprint density at radius 3 is 2.71 bits per heavy atom. The van der Waals surface area contributed by atoms with Crippen molar-refractivity contribution in [2.75, 3.05) is 39.5 Å². The number of ether oxygens (including phenoxy) is 2. The zero-order valence-corrected chi connectivity index (χ0v) is 16.9. The highest BCUT2D eigenvalue weighted by Gasteiger charge is 2.01. The molecule has 0 amide bonds. The molecule has 0 aliphatic heterocycles. The van der Waals surface area contributed by atoms with Crippen LogP contribution in [0.1, 0.15) is 32.3 Å². The van der Waals surface area contributed by atoms with Gasteiger partial charge in [0.15, 0.2) is 11.8 Å². The topological polar surface area (TPSA) is 85.6 Å². The first-order valence-corrected chi connectivity index (χ1v) is 9.96. The van der Waals surface area contributed by atoms with E-state index in [4.69, 9.17) is 9.47 Å². The number of hydrogen-bond donors (Lipinski definition) is 2. The van der Waals surface area contributed by atoms with Gasteiger partial charge in [-0.15, -0.1) is 0 Å². The Balaban J connectivity index is 1.72. The van der Waals surface area contributed by atoms with Crippen LogP contribution in [0.25, 0.3) is 5.82 Å². The number of rotatable bonds is 13. The van der Waals surface area contributed by atoms with E-state index in [0.29, 0.717) is 32.9 Å². The Bertz CT molecular complexity index is 675. The van der Waals surface area contributed by atoms with Crippen LogP contribution in [0, 0.1) is 0 Å². The monoisotopic (exact) mass is 388 g/mol. The van der Waals surface area contributed by atoms with Crippen LogP contribution >= 0.6 is 0 Å². The number of pyridine rings is 1. The number of nitrogens with one attached hydrogen (secondary N) is 2. The summed E-state index contributed by atoms with van der Waals surface area (Å²) >= 11 is 0. The first-order chi connectivity index (χ1) is 13.8. The molecular weight excluding hydrogens is 356 g/mol. The van der Waals surface area contributed by atoms with Crippen molar-refractivity contribution in [2.24, 2.45) is 4.99 Å². The SMILES string of the molecule is CCCCOCCOCCNC(=NCc1ccnc(-n2cccn2)c1)NCC. The number of aromatic nitrogens is 3. The van der Waals surface area contributed by atoms with Crippen LogP contribution in [0.5, 0.6) is 0 Å². The normalized spacial score (nSPS) is 11.6. The van der Waals surface area contributed by atoms with E-state index in [1.165, 1.54) is 0 Å². The summed E-state index contributed by atoms with van der Waals surface area (Å²) in [5.41, 5.74) is 1.07. The molecule has 0 atom stereocenters. The third-order valence-electron chi connectivity index (χ3n) is 3.87. The molecule has 0 spiro atoms. The van der Waals surface area contributed by atoms with E-state index in [-0.39, 0.29) is 0 Å². The van der Waals surface area contributed by atoms with Crippen LogP contribution in [0.2, 0.25) is 0 Å². The maximum Gasteiger partial charge on any atom is 0.191 e. The lowest BCUT2D eigenvalue weighted by Gasteiger charge is -2.12. The number of aliphatic imine (C=N–C) groups is 1. The summed E-state index contributed by atoms with van der Waals surface area (Å²) in [6.45, 7) is 8.93. The fraction of sp³-hybridized carbons (Fsp3) is 0.550. The Morgan fingerprint density at radius 2 is 1.96 bits per heavy atom. The molecule has 8 nitrogen and oxygen atoms in total. The van der Waals surface area contributed by atoms with Crippen molar-refractivity contribution in [3.63, 3.8) is 0 Å². The molecule has 0 bridgehead atoms. The minimum Gasteiger partial charge on any atom is -0.379 e. The molecule has 2 rings (SSSR count). The summed E-state index contributed by atoms with van der Waals surface area (Å²) < 4.78 is 12.8. The quantitative estimate of drug-likeness (QED) is 0.311. The Kier molecular flexibility index (Phi) is 10.7. The van der Waals surface area contributed by atoms with Crippen molar-refractivity contribution < 1.29 is 9.47 Å². The molecule has 0 saturated carbocycles. The average Bonchev–Trinajstić information content (AvgIpc) is 3.26. The van der Waals surface area contributed by atoms with Gasteiger partial charge in [-0.2, -0.15) is 5.10 Å². The smallest absolute Gasteiger partial charge is 0.191 e. The van der Waals surface area contributed by atoms with Gasteiger partial charge in [0, 0.05) is 38.3 Å². The van der Waals surface area contributed by atoms with Gasteiger partial charge in [-0.05, 0) is 37.1 Å². The molecular formula is C20H32N6O2. The van der Waals surface area contributed by atoms with Crippen LogP contribution in [-0.4, -0.2) is 60.2 Å². The zero-order valence-electron chi connectivity index (χ0n) is 16.9. The first-order valence-electron chi connectivity index (χ1n) is 9.96. The number of hydrogen-bond acceptors (Lipinski definition) is 5. The maximum absolute atomic E-state index is 5.57. The molecule has 2 heterocycles. The van der Waals surface area contributed by atoms with E-state index in [2.05, 4.69) is 32.6 Å². The molecule has 8 heteroatoms. The Morgan fingerprint density at radius 1 is 1.11 bits per heavy atom. The second kappa shape index (κ2) is 13.7. The van der Waals surface area contributed by atoms with Crippen LogP contribution in [0.3, 0.4) is 0 Å². The predicted molar refractivity (Wildman–Crippen MR) is 111 cm³/mol. The summed E-state index contributed by atoms with van der Waals surface area (Å²) in [5, 5.41) is 10.7. The molecule has 0 aliphatic carbocycles. The molecule has 0 radical (unpaired) electrons. The first kappa shape index (κ1) is 21.8. The fourth-order valence-corrected chi connectivity index (χ4v) is 2.41.